The standard InChI is InChI=1S/C14H9Br2N3O4/c15-10-5-8(6-11(16)13(10)20)7-17-18-14(21)9-3-1-2-4-12(9)19(22)23/h1-7,20H,(H,18,21)/b17-7-. The first-order valence-electron chi connectivity index (χ1n) is 6.15. The Balaban J connectivity index is 2.15. The Morgan fingerprint density at radius 1 is 1.26 bits per heavy atom. The average molecular weight is 443 g/mol. The summed E-state index contributed by atoms with van der Waals surface area (Å²) in [5.74, 6) is -0.642. The molecule has 0 atom stereocenters. The van der Waals surface area contributed by atoms with E-state index in [-0.39, 0.29) is 17.0 Å². The fourth-order valence-electron chi connectivity index (χ4n) is 1.71. The van der Waals surface area contributed by atoms with E-state index in [1.54, 1.807) is 12.1 Å². The predicted molar refractivity (Wildman–Crippen MR) is 91.7 cm³/mol. The molecule has 0 radical (unpaired) electrons. The van der Waals surface area contributed by atoms with Crippen molar-refractivity contribution in [2.45, 2.75) is 0 Å². The Morgan fingerprint density at radius 3 is 2.48 bits per heavy atom. The zero-order valence-corrected chi connectivity index (χ0v) is 14.5. The van der Waals surface area contributed by atoms with Gasteiger partial charge in [-0.3, -0.25) is 14.9 Å². The number of hydrogen-bond donors (Lipinski definition) is 2. The lowest BCUT2D eigenvalue weighted by molar-refractivity contribution is -0.385. The molecule has 7 nitrogen and oxygen atoms in total. The highest BCUT2D eigenvalue weighted by molar-refractivity contribution is 9.11. The third-order valence-electron chi connectivity index (χ3n) is 2.76. The van der Waals surface area contributed by atoms with Crippen molar-refractivity contribution >= 4 is 49.7 Å². The maximum absolute atomic E-state index is 12.0. The number of hydrogen-bond acceptors (Lipinski definition) is 5. The van der Waals surface area contributed by atoms with E-state index in [2.05, 4.69) is 42.4 Å². The summed E-state index contributed by atoms with van der Waals surface area (Å²) in [5.41, 5.74) is 2.45. The molecule has 9 heteroatoms. The van der Waals surface area contributed by atoms with E-state index in [1.807, 2.05) is 0 Å². The quantitative estimate of drug-likeness (QED) is 0.428. The summed E-state index contributed by atoms with van der Waals surface area (Å²) in [6.45, 7) is 0. The molecule has 2 aromatic rings. The average Bonchev–Trinajstić information content (AvgIpc) is 2.52. The number of hydrazone groups is 1. The fraction of sp³-hybridized carbons (Fsp3) is 0. The maximum Gasteiger partial charge on any atom is 0.282 e. The molecule has 0 aliphatic heterocycles. The summed E-state index contributed by atoms with van der Waals surface area (Å²) in [4.78, 5) is 22.2. The van der Waals surface area contributed by atoms with Crippen LogP contribution in [0.2, 0.25) is 0 Å². The van der Waals surface area contributed by atoms with Gasteiger partial charge in [-0.05, 0) is 55.6 Å². The van der Waals surface area contributed by atoms with Crippen LogP contribution in [0.15, 0.2) is 50.4 Å². The van der Waals surface area contributed by atoms with Gasteiger partial charge < -0.3 is 5.11 Å². The number of nitrogens with zero attached hydrogens (tertiary/aromatic N) is 2. The third-order valence-corrected chi connectivity index (χ3v) is 3.97. The van der Waals surface area contributed by atoms with Gasteiger partial charge in [0.1, 0.15) is 11.3 Å². The number of halogens is 2. The van der Waals surface area contributed by atoms with Gasteiger partial charge >= 0.3 is 0 Å². The van der Waals surface area contributed by atoms with E-state index < -0.39 is 10.8 Å². The van der Waals surface area contributed by atoms with Gasteiger partial charge in [-0.15, -0.1) is 0 Å². The number of benzene rings is 2. The molecule has 23 heavy (non-hydrogen) atoms. The molecular formula is C14H9Br2N3O4. The molecule has 0 fully saturated rings. The van der Waals surface area contributed by atoms with Gasteiger partial charge in [0.05, 0.1) is 20.1 Å². The minimum atomic E-state index is -0.689. The van der Waals surface area contributed by atoms with Crippen molar-refractivity contribution in [1.82, 2.24) is 5.43 Å². The Hall–Kier alpha value is -2.26. The van der Waals surface area contributed by atoms with Crippen LogP contribution in [-0.2, 0) is 0 Å². The molecule has 2 aromatic carbocycles. The molecule has 2 N–H and O–H groups in total. The zero-order valence-electron chi connectivity index (χ0n) is 11.4. The number of amides is 1. The molecule has 0 aliphatic carbocycles. The predicted octanol–water partition coefficient (Wildman–Crippen LogP) is 3.59. The van der Waals surface area contributed by atoms with Crippen LogP contribution >= 0.6 is 31.9 Å². The van der Waals surface area contributed by atoms with Gasteiger partial charge in [0, 0.05) is 6.07 Å². The van der Waals surface area contributed by atoms with Crippen molar-refractivity contribution in [3.05, 3.63) is 66.6 Å². The van der Waals surface area contributed by atoms with Crippen LogP contribution in [0.3, 0.4) is 0 Å². The third kappa shape index (κ3) is 4.14. The number of phenols is 1. The largest absolute Gasteiger partial charge is 0.506 e. The zero-order chi connectivity index (χ0) is 17.0. The molecule has 0 heterocycles. The van der Waals surface area contributed by atoms with Crippen LogP contribution in [0.5, 0.6) is 5.75 Å². The Labute approximate surface area is 147 Å². The van der Waals surface area contributed by atoms with Crippen LogP contribution in [-0.4, -0.2) is 22.2 Å². The van der Waals surface area contributed by atoms with E-state index in [4.69, 9.17) is 0 Å². The minimum Gasteiger partial charge on any atom is -0.506 e. The van der Waals surface area contributed by atoms with Crippen LogP contribution in [0.1, 0.15) is 15.9 Å². The number of carbonyl (C=O) groups is 1. The van der Waals surface area contributed by atoms with E-state index >= 15 is 0 Å². The molecule has 2 rings (SSSR count). The molecular weight excluding hydrogens is 434 g/mol. The number of nitro benzene ring substituents is 1. The van der Waals surface area contributed by atoms with Gasteiger partial charge in [-0.1, -0.05) is 12.1 Å². The smallest absolute Gasteiger partial charge is 0.282 e. The number of phenolic OH excluding ortho intramolecular Hbond substituents is 1. The minimum absolute atomic E-state index is 0.0473. The summed E-state index contributed by atoms with van der Waals surface area (Å²) in [7, 11) is 0. The molecule has 0 saturated carbocycles. The van der Waals surface area contributed by atoms with Crippen molar-refractivity contribution in [2.75, 3.05) is 0 Å². The van der Waals surface area contributed by atoms with Gasteiger partial charge in [-0.2, -0.15) is 5.10 Å². The lowest BCUT2D eigenvalue weighted by Crippen LogP contribution is -2.18. The number of nitrogens with one attached hydrogen (secondary N) is 1. The monoisotopic (exact) mass is 441 g/mol. The Morgan fingerprint density at radius 2 is 1.87 bits per heavy atom. The fourth-order valence-corrected chi connectivity index (χ4v) is 2.93. The van der Waals surface area contributed by atoms with Crippen molar-refractivity contribution in [3.8, 4) is 5.75 Å². The van der Waals surface area contributed by atoms with Gasteiger partial charge in [-0.25, -0.2) is 5.43 Å². The topological polar surface area (TPSA) is 105 Å². The van der Waals surface area contributed by atoms with E-state index in [1.165, 1.54) is 30.5 Å². The number of carbonyl (C=O) groups excluding carboxylic acids is 1. The van der Waals surface area contributed by atoms with E-state index in [0.717, 1.165) is 0 Å². The lowest BCUT2D eigenvalue weighted by Gasteiger charge is -2.03. The first-order chi connectivity index (χ1) is 10.9. The van der Waals surface area contributed by atoms with Crippen LogP contribution in [0.4, 0.5) is 5.69 Å². The SMILES string of the molecule is O=C(N/N=C\c1cc(Br)c(O)c(Br)c1)c1ccccc1[N+](=O)[O-]. The lowest BCUT2D eigenvalue weighted by atomic mass is 10.2. The van der Waals surface area contributed by atoms with Gasteiger partial charge in [0.2, 0.25) is 0 Å². The highest BCUT2D eigenvalue weighted by atomic mass is 79.9. The maximum atomic E-state index is 12.0. The van der Waals surface area contributed by atoms with E-state index in [0.29, 0.717) is 14.5 Å². The Kier molecular flexibility index (Phi) is 5.45. The normalized spacial score (nSPS) is 10.7. The van der Waals surface area contributed by atoms with Crippen LogP contribution in [0.25, 0.3) is 0 Å². The first-order valence-corrected chi connectivity index (χ1v) is 7.73. The highest BCUT2D eigenvalue weighted by Crippen LogP contribution is 2.32. The molecule has 0 saturated heterocycles. The van der Waals surface area contributed by atoms with Crippen molar-refractivity contribution in [3.63, 3.8) is 0 Å². The first kappa shape index (κ1) is 17.1. The van der Waals surface area contributed by atoms with Crippen molar-refractivity contribution in [2.24, 2.45) is 5.10 Å². The summed E-state index contributed by atoms with van der Waals surface area (Å²) in [5, 5.41) is 24.2. The molecule has 1 amide bonds. The van der Waals surface area contributed by atoms with Gasteiger partial charge in [0.25, 0.3) is 11.6 Å². The second-order valence-electron chi connectivity index (χ2n) is 4.31. The summed E-state index contributed by atoms with van der Waals surface area (Å²) in [6, 6.07) is 8.79. The molecule has 0 unspecified atom stereocenters. The molecule has 0 spiro atoms. The molecule has 0 aromatic heterocycles. The van der Waals surface area contributed by atoms with Crippen molar-refractivity contribution in [1.29, 1.82) is 0 Å². The second-order valence-corrected chi connectivity index (χ2v) is 6.02. The van der Waals surface area contributed by atoms with E-state index in [9.17, 15) is 20.0 Å². The molecule has 118 valence electrons. The van der Waals surface area contributed by atoms with Crippen molar-refractivity contribution < 1.29 is 14.8 Å². The second kappa shape index (κ2) is 7.34. The van der Waals surface area contributed by atoms with Crippen LogP contribution < -0.4 is 5.43 Å². The number of aromatic hydroxyl groups is 1. The highest BCUT2D eigenvalue weighted by Gasteiger charge is 2.18. The number of nitro groups is 1. The van der Waals surface area contributed by atoms with Crippen LogP contribution in [0, 0.1) is 10.1 Å². The number of para-hydroxylation sites is 1. The summed E-state index contributed by atoms with van der Waals surface area (Å²) in [6.07, 6.45) is 1.35. The molecule has 0 bridgehead atoms. The number of rotatable bonds is 4. The summed E-state index contributed by atoms with van der Waals surface area (Å²) < 4.78 is 0.914. The van der Waals surface area contributed by atoms with Gasteiger partial charge in [0.15, 0.2) is 0 Å². The Bertz CT molecular complexity index is 785. The molecule has 0 aliphatic rings. The summed E-state index contributed by atoms with van der Waals surface area (Å²) >= 11 is 6.35.